The van der Waals surface area contributed by atoms with Crippen molar-refractivity contribution in [3.8, 4) is 22.3 Å². The van der Waals surface area contributed by atoms with Gasteiger partial charge in [-0.25, -0.2) is 0 Å². The quantitative estimate of drug-likeness (QED) is 0.0691. The molecule has 0 atom stereocenters. The van der Waals surface area contributed by atoms with Crippen LogP contribution >= 0.6 is 31.9 Å². The van der Waals surface area contributed by atoms with Crippen molar-refractivity contribution in [1.82, 2.24) is 0 Å². The molecule has 0 amide bonds. The average molecular weight is 807 g/mol. The first-order valence-electron chi connectivity index (χ1n) is 19.5. The largest absolute Gasteiger partial charge is 0.376 e. The molecule has 1 aliphatic carbocycles. The molecule has 0 saturated carbocycles. The van der Waals surface area contributed by atoms with Crippen molar-refractivity contribution in [2.24, 2.45) is 0 Å². The summed E-state index contributed by atoms with van der Waals surface area (Å²) in [6.45, 7) is 4.60. The van der Waals surface area contributed by atoms with E-state index in [1.165, 1.54) is 118 Å². The van der Waals surface area contributed by atoms with Crippen LogP contribution in [0.25, 0.3) is 22.3 Å². The summed E-state index contributed by atoms with van der Waals surface area (Å²) in [4.78, 5) is 0. The zero-order chi connectivity index (χ0) is 35.7. The van der Waals surface area contributed by atoms with Gasteiger partial charge in [0.25, 0.3) is 0 Å². The van der Waals surface area contributed by atoms with Crippen molar-refractivity contribution in [2.75, 3.05) is 0 Å². The van der Waals surface area contributed by atoms with Crippen molar-refractivity contribution >= 4 is 31.9 Å². The maximum atomic E-state index is 13.1. The molecule has 5 aromatic carbocycles. The SMILES string of the molecule is CCCCCCCCC1(CCCCCCCC)c2ccccc2-c2ccc(-c3ccccc3C(O)(c3ccc(Br)cc3)c3ccc(Br)cc3)cc21. The van der Waals surface area contributed by atoms with E-state index < -0.39 is 5.60 Å². The number of hydrogen-bond acceptors (Lipinski definition) is 1. The lowest BCUT2D eigenvalue weighted by molar-refractivity contribution is 0.126. The predicted octanol–water partition coefficient (Wildman–Crippen LogP) is 14.9. The van der Waals surface area contributed by atoms with E-state index >= 15 is 0 Å². The molecule has 0 unspecified atom stereocenters. The molecule has 0 bridgehead atoms. The maximum Gasteiger partial charge on any atom is 0.141 e. The first kappa shape index (κ1) is 37.8. The minimum Gasteiger partial charge on any atom is -0.376 e. The normalized spacial score (nSPS) is 13.3. The Morgan fingerprint density at radius 3 is 1.53 bits per heavy atom. The molecule has 6 rings (SSSR count). The molecular weight excluding hydrogens is 752 g/mol. The Bertz CT molecular complexity index is 1790. The van der Waals surface area contributed by atoms with E-state index in [0.29, 0.717) is 0 Å². The summed E-state index contributed by atoms with van der Waals surface area (Å²) in [5.74, 6) is 0. The second kappa shape index (κ2) is 17.7. The molecule has 1 nitrogen and oxygen atoms in total. The third-order valence-corrected chi connectivity index (χ3v) is 12.4. The first-order valence-corrected chi connectivity index (χ1v) is 21.1. The van der Waals surface area contributed by atoms with Crippen molar-refractivity contribution in [3.05, 3.63) is 152 Å². The van der Waals surface area contributed by atoms with Gasteiger partial charge in [0.15, 0.2) is 0 Å². The second-order valence-electron chi connectivity index (χ2n) is 14.7. The van der Waals surface area contributed by atoms with Crippen LogP contribution in [0.3, 0.4) is 0 Å². The van der Waals surface area contributed by atoms with Gasteiger partial charge in [-0.15, -0.1) is 0 Å². The topological polar surface area (TPSA) is 20.2 Å². The third kappa shape index (κ3) is 8.17. The number of fused-ring (bicyclic) bond motifs is 3. The highest BCUT2D eigenvalue weighted by atomic mass is 79.9. The molecule has 0 aliphatic heterocycles. The van der Waals surface area contributed by atoms with Crippen LogP contribution in [0.4, 0.5) is 0 Å². The predicted molar refractivity (Wildman–Crippen MR) is 224 cm³/mol. The lowest BCUT2D eigenvalue weighted by atomic mass is 9.70. The van der Waals surface area contributed by atoms with Crippen LogP contribution in [0.1, 0.15) is 132 Å². The van der Waals surface area contributed by atoms with Gasteiger partial charge in [0.1, 0.15) is 5.60 Å². The molecule has 0 spiro atoms. The second-order valence-corrected chi connectivity index (χ2v) is 16.5. The van der Waals surface area contributed by atoms with Gasteiger partial charge in [-0.05, 0) is 87.7 Å². The number of hydrogen-bond donors (Lipinski definition) is 1. The molecule has 0 saturated heterocycles. The fourth-order valence-electron chi connectivity index (χ4n) is 8.61. The fraction of sp³-hybridized carbons (Fsp3) is 0.375. The molecule has 1 aliphatic rings. The zero-order valence-corrected chi connectivity index (χ0v) is 33.7. The Balaban J connectivity index is 1.46. The molecule has 5 aromatic rings. The molecule has 1 N–H and O–H groups in total. The van der Waals surface area contributed by atoms with E-state index in [4.69, 9.17) is 0 Å². The maximum absolute atomic E-state index is 13.1. The van der Waals surface area contributed by atoms with Crippen molar-refractivity contribution in [3.63, 3.8) is 0 Å². The van der Waals surface area contributed by atoms with Gasteiger partial charge >= 0.3 is 0 Å². The van der Waals surface area contributed by atoms with E-state index in [-0.39, 0.29) is 5.41 Å². The van der Waals surface area contributed by atoms with Crippen molar-refractivity contribution in [2.45, 2.75) is 115 Å². The van der Waals surface area contributed by atoms with E-state index in [1.807, 2.05) is 48.5 Å². The van der Waals surface area contributed by atoms with Crippen LogP contribution in [0.15, 0.2) is 124 Å². The number of unbranched alkanes of at least 4 members (excludes halogenated alkanes) is 10. The number of aliphatic hydroxyl groups is 1. The van der Waals surface area contributed by atoms with Crippen LogP contribution in [0.5, 0.6) is 0 Å². The van der Waals surface area contributed by atoms with Crippen molar-refractivity contribution < 1.29 is 5.11 Å². The van der Waals surface area contributed by atoms with Gasteiger partial charge in [0.05, 0.1) is 0 Å². The summed E-state index contributed by atoms with van der Waals surface area (Å²) in [5.41, 5.74) is 9.26. The Kier molecular flexibility index (Phi) is 13.1. The number of halogens is 2. The van der Waals surface area contributed by atoms with E-state index in [9.17, 15) is 5.11 Å². The summed E-state index contributed by atoms with van der Waals surface area (Å²) < 4.78 is 1.98. The van der Waals surface area contributed by atoms with Gasteiger partial charge in [0.2, 0.25) is 0 Å². The van der Waals surface area contributed by atoms with Gasteiger partial charge in [-0.1, -0.05) is 208 Å². The lowest BCUT2D eigenvalue weighted by Gasteiger charge is -2.34. The Hall–Kier alpha value is -2.98. The van der Waals surface area contributed by atoms with Crippen LogP contribution in [0.2, 0.25) is 0 Å². The Labute approximate surface area is 324 Å². The highest BCUT2D eigenvalue weighted by Gasteiger charge is 2.43. The van der Waals surface area contributed by atoms with Gasteiger partial charge < -0.3 is 5.11 Å². The Morgan fingerprint density at radius 2 is 0.961 bits per heavy atom. The number of rotatable bonds is 18. The molecule has 3 heteroatoms. The lowest BCUT2D eigenvalue weighted by Crippen LogP contribution is -2.29. The smallest absolute Gasteiger partial charge is 0.141 e. The van der Waals surface area contributed by atoms with Crippen molar-refractivity contribution in [1.29, 1.82) is 0 Å². The molecule has 0 radical (unpaired) electrons. The first-order chi connectivity index (χ1) is 24.9. The standard InChI is InChI=1S/C48H54Br2O/c1-3-5-7-9-11-17-33-47(34-18-12-10-8-6-4-2)44-21-15-14-20-42(44)43-32-23-36(35-46(43)47)41-19-13-16-22-45(41)48(51,37-24-28-39(49)29-25-37)38-26-30-40(50)31-27-38/h13-16,19-32,35,51H,3-12,17-18,33-34H2,1-2H3. The molecule has 0 aromatic heterocycles. The van der Waals surface area contributed by atoms with E-state index in [1.54, 1.807) is 0 Å². The molecule has 266 valence electrons. The van der Waals surface area contributed by atoms with Gasteiger partial charge in [-0.3, -0.25) is 0 Å². The molecular formula is C48H54Br2O. The third-order valence-electron chi connectivity index (χ3n) is 11.3. The Morgan fingerprint density at radius 1 is 0.490 bits per heavy atom. The monoisotopic (exact) mass is 804 g/mol. The molecule has 0 heterocycles. The summed E-state index contributed by atoms with van der Waals surface area (Å²) in [7, 11) is 0. The summed E-state index contributed by atoms with van der Waals surface area (Å²) in [5, 5.41) is 13.1. The van der Waals surface area contributed by atoms with E-state index in [2.05, 4.69) is 112 Å². The van der Waals surface area contributed by atoms with Crippen LogP contribution in [0, 0.1) is 0 Å². The fourth-order valence-corrected chi connectivity index (χ4v) is 9.14. The number of benzene rings is 5. The van der Waals surface area contributed by atoms with E-state index in [0.717, 1.165) is 31.2 Å². The van der Waals surface area contributed by atoms with Gasteiger partial charge in [-0.2, -0.15) is 0 Å². The molecule has 51 heavy (non-hydrogen) atoms. The zero-order valence-electron chi connectivity index (χ0n) is 30.6. The summed E-state index contributed by atoms with van der Waals surface area (Å²) in [6, 6.07) is 41.2. The highest BCUT2D eigenvalue weighted by Crippen LogP contribution is 2.55. The summed E-state index contributed by atoms with van der Waals surface area (Å²) >= 11 is 7.23. The van der Waals surface area contributed by atoms with Crippen LogP contribution in [-0.4, -0.2) is 5.11 Å². The average Bonchev–Trinajstić information content (AvgIpc) is 3.43. The van der Waals surface area contributed by atoms with Gasteiger partial charge in [0, 0.05) is 19.9 Å². The summed E-state index contributed by atoms with van der Waals surface area (Å²) in [6.07, 6.45) is 18.0. The minimum atomic E-state index is -1.35. The minimum absolute atomic E-state index is 0.000109. The van der Waals surface area contributed by atoms with Crippen LogP contribution < -0.4 is 0 Å². The highest BCUT2D eigenvalue weighted by molar-refractivity contribution is 9.10. The molecule has 0 fully saturated rings. The van der Waals surface area contributed by atoms with Crippen LogP contribution in [-0.2, 0) is 11.0 Å².